The summed E-state index contributed by atoms with van der Waals surface area (Å²) in [6.45, 7) is 1.77. The number of aliphatic imine (C=N–C) groups is 1. The van der Waals surface area contributed by atoms with Gasteiger partial charge in [-0.3, -0.25) is 4.79 Å². The van der Waals surface area contributed by atoms with Crippen molar-refractivity contribution >= 4 is 46.4 Å². The normalized spacial score (nSPS) is 15.9. The summed E-state index contributed by atoms with van der Waals surface area (Å²) >= 11 is 6.93. The standard InChI is InChI=1S/C25H18ClNO5S/c1-2-31-25(30)21-22(28)20(33-24(21)27-23(29)16-6-4-3-5-7-16)14-18-12-13-19(32-18)15-8-10-17(26)11-9-15/h3-14,28H,2H2,1H3. The van der Waals surface area contributed by atoms with Crippen LogP contribution >= 0.6 is 23.4 Å². The Bertz CT molecular complexity index is 1290. The van der Waals surface area contributed by atoms with Crippen LogP contribution in [0.5, 0.6) is 0 Å². The lowest BCUT2D eigenvalue weighted by Gasteiger charge is -2.03. The molecule has 0 fully saturated rings. The van der Waals surface area contributed by atoms with Gasteiger partial charge in [-0.05, 0) is 61.5 Å². The first kappa shape index (κ1) is 22.6. The van der Waals surface area contributed by atoms with E-state index >= 15 is 0 Å². The Morgan fingerprint density at radius 2 is 1.82 bits per heavy atom. The molecule has 0 radical (unpaired) electrons. The Morgan fingerprint density at radius 3 is 2.52 bits per heavy atom. The molecule has 1 aliphatic rings. The summed E-state index contributed by atoms with van der Waals surface area (Å²) in [6.07, 6.45) is 1.58. The van der Waals surface area contributed by atoms with Crippen LogP contribution in [0, 0.1) is 0 Å². The van der Waals surface area contributed by atoms with E-state index in [0.717, 1.165) is 17.3 Å². The van der Waals surface area contributed by atoms with Crippen LogP contribution in [0.15, 0.2) is 92.4 Å². The third-order valence-electron chi connectivity index (χ3n) is 4.62. The van der Waals surface area contributed by atoms with Gasteiger partial charge in [-0.15, -0.1) is 0 Å². The number of ether oxygens (including phenoxy) is 1. The van der Waals surface area contributed by atoms with E-state index in [2.05, 4.69) is 4.99 Å². The number of nitrogens with zero attached hydrogens (tertiary/aromatic N) is 1. The lowest BCUT2D eigenvalue weighted by atomic mass is 10.2. The second-order valence-corrected chi connectivity index (χ2v) is 8.32. The first-order valence-corrected chi connectivity index (χ1v) is 11.2. The van der Waals surface area contributed by atoms with Gasteiger partial charge in [-0.2, -0.15) is 0 Å². The molecule has 2 heterocycles. The summed E-state index contributed by atoms with van der Waals surface area (Å²) in [5, 5.41) is 11.4. The first-order chi connectivity index (χ1) is 16.0. The maximum Gasteiger partial charge on any atom is 0.344 e. The van der Waals surface area contributed by atoms with Crippen molar-refractivity contribution in [1.82, 2.24) is 0 Å². The quantitative estimate of drug-likeness (QED) is 0.432. The van der Waals surface area contributed by atoms with Gasteiger partial charge in [0, 0.05) is 16.1 Å². The average Bonchev–Trinajstić information content (AvgIpc) is 3.40. The molecule has 0 saturated heterocycles. The molecule has 1 aromatic heterocycles. The minimum Gasteiger partial charge on any atom is -0.506 e. The van der Waals surface area contributed by atoms with Crippen LogP contribution in [-0.2, 0) is 9.53 Å². The van der Waals surface area contributed by atoms with Gasteiger partial charge in [0.2, 0.25) is 0 Å². The molecule has 1 amide bonds. The van der Waals surface area contributed by atoms with E-state index < -0.39 is 11.9 Å². The van der Waals surface area contributed by atoms with Crippen LogP contribution in [-0.4, -0.2) is 28.6 Å². The largest absolute Gasteiger partial charge is 0.506 e. The monoisotopic (exact) mass is 479 g/mol. The molecular weight excluding hydrogens is 462 g/mol. The van der Waals surface area contributed by atoms with Gasteiger partial charge in [0.1, 0.15) is 27.9 Å². The molecule has 6 nitrogen and oxygen atoms in total. The number of aliphatic hydroxyl groups excluding tert-OH is 1. The molecule has 8 heteroatoms. The van der Waals surface area contributed by atoms with Crippen molar-refractivity contribution < 1.29 is 23.8 Å². The second kappa shape index (κ2) is 9.94. The third-order valence-corrected chi connectivity index (χ3v) is 5.89. The number of benzene rings is 2. The van der Waals surface area contributed by atoms with Gasteiger partial charge in [0.25, 0.3) is 5.91 Å². The van der Waals surface area contributed by atoms with Crippen molar-refractivity contribution in [3.8, 4) is 11.3 Å². The number of carbonyl (C=O) groups is 2. The van der Waals surface area contributed by atoms with Crippen LogP contribution in [0.2, 0.25) is 5.02 Å². The Morgan fingerprint density at radius 1 is 1.09 bits per heavy atom. The summed E-state index contributed by atoms with van der Waals surface area (Å²) in [5.74, 6) is -0.539. The van der Waals surface area contributed by atoms with Crippen molar-refractivity contribution in [1.29, 1.82) is 0 Å². The summed E-state index contributed by atoms with van der Waals surface area (Å²) in [5.41, 5.74) is 1.05. The Hall–Kier alpha value is -3.55. The lowest BCUT2D eigenvalue weighted by Crippen LogP contribution is -2.14. The number of thioether (sulfide) groups is 1. The van der Waals surface area contributed by atoms with Crippen LogP contribution in [0.1, 0.15) is 23.0 Å². The molecule has 0 unspecified atom stereocenters. The zero-order chi connectivity index (χ0) is 23.4. The van der Waals surface area contributed by atoms with Crippen LogP contribution in [0.3, 0.4) is 0 Å². The summed E-state index contributed by atoms with van der Waals surface area (Å²) < 4.78 is 10.9. The van der Waals surface area contributed by atoms with Crippen molar-refractivity contribution in [3.05, 3.63) is 99.3 Å². The molecule has 3 aromatic rings. The van der Waals surface area contributed by atoms with E-state index in [9.17, 15) is 14.7 Å². The van der Waals surface area contributed by atoms with Gasteiger partial charge >= 0.3 is 5.97 Å². The van der Waals surface area contributed by atoms with Crippen molar-refractivity contribution in [2.75, 3.05) is 6.61 Å². The first-order valence-electron chi connectivity index (χ1n) is 10.0. The molecule has 0 saturated carbocycles. The van der Waals surface area contributed by atoms with Gasteiger partial charge in [-0.25, -0.2) is 9.79 Å². The fourth-order valence-corrected chi connectivity index (χ4v) is 4.18. The predicted molar refractivity (Wildman–Crippen MR) is 129 cm³/mol. The maximum absolute atomic E-state index is 12.6. The highest BCUT2D eigenvalue weighted by atomic mass is 35.5. The highest BCUT2D eigenvalue weighted by Crippen LogP contribution is 2.40. The van der Waals surface area contributed by atoms with Crippen LogP contribution in [0.25, 0.3) is 17.4 Å². The summed E-state index contributed by atoms with van der Waals surface area (Å²) in [6, 6.07) is 19.2. The number of hydrogen-bond acceptors (Lipinski definition) is 6. The molecule has 166 valence electrons. The molecule has 0 bridgehead atoms. The second-order valence-electron chi connectivity index (χ2n) is 6.85. The number of amides is 1. The Labute approximate surface area is 199 Å². The van der Waals surface area contributed by atoms with Crippen molar-refractivity contribution in [2.45, 2.75) is 6.92 Å². The Balaban J connectivity index is 1.67. The molecule has 4 rings (SSSR count). The van der Waals surface area contributed by atoms with Crippen LogP contribution in [0.4, 0.5) is 0 Å². The smallest absolute Gasteiger partial charge is 0.344 e. The number of aliphatic hydroxyl groups is 1. The molecule has 1 N–H and O–H groups in total. The van der Waals surface area contributed by atoms with Gasteiger partial charge in [0.05, 0.1) is 11.5 Å². The molecule has 2 aromatic carbocycles. The minimum atomic E-state index is -0.758. The van der Waals surface area contributed by atoms with Gasteiger partial charge in [-0.1, -0.05) is 41.6 Å². The fourth-order valence-electron chi connectivity index (χ4n) is 3.06. The topological polar surface area (TPSA) is 89.1 Å². The molecular formula is C25H18ClNO5S. The Kier molecular flexibility index (Phi) is 6.82. The van der Waals surface area contributed by atoms with Gasteiger partial charge in [0.15, 0.2) is 0 Å². The van der Waals surface area contributed by atoms with Crippen LogP contribution < -0.4 is 0 Å². The molecule has 33 heavy (non-hydrogen) atoms. The molecule has 0 atom stereocenters. The highest BCUT2D eigenvalue weighted by molar-refractivity contribution is 8.18. The predicted octanol–water partition coefficient (Wildman–Crippen LogP) is 6.30. The molecule has 0 aliphatic carbocycles. The van der Waals surface area contributed by atoms with E-state index in [1.54, 1.807) is 67.6 Å². The van der Waals surface area contributed by atoms with E-state index in [4.69, 9.17) is 20.8 Å². The average molecular weight is 480 g/mol. The number of hydrogen-bond donors (Lipinski definition) is 1. The van der Waals surface area contributed by atoms with Gasteiger partial charge < -0.3 is 14.3 Å². The van der Waals surface area contributed by atoms with Crippen molar-refractivity contribution in [3.63, 3.8) is 0 Å². The zero-order valence-corrected chi connectivity index (χ0v) is 19.0. The van der Waals surface area contributed by atoms with E-state index in [0.29, 0.717) is 27.0 Å². The number of halogens is 1. The number of carbonyl (C=O) groups excluding carboxylic acids is 2. The zero-order valence-electron chi connectivity index (χ0n) is 17.4. The van der Waals surface area contributed by atoms with Crippen molar-refractivity contribution in [2.24, 2.45) is 4.99 Å². The SMILES string of the molecule is CCOC(=O)C1=C(O)C(=Cc2ccc(-c3ccc(Cl)cc3)o2)SC1=NC(=O)c1ccccc1. The third kappa shape index (κ3) is 5.10. The summed E-state index contributed by atoms with van der Waals surface area (Å²) in [4.78, 5) is 29.5. The number of rotatable bonds is 5. The van der Waals surface area contributed by atoms with E-state index in [-0.39, 0.29) is 23.0 Å². The van der Waals surface area contributed by atoms with E-state index in [1.807, 2.05) is 12.1 Å². The maximum atomic E-state index is 12.6. The minimum absolute atomic E-state index is 0.0653. The lowest BCUT2D eigenvalue weighted by molar-refractivity contribution is -0.138. The van der Waals surface area contributed by atoms with E-state index in [1.165, 1.54) is 0 Å². The number of furan rings is 1. The molecule has 1 aliphatic heterocycles. The summed E-state index contributed by atoms with van der Waals surface area (Å²) in [7, 11) is 0. The fraction of sp³-hybridized carbons (Fsp3) is 0.0800. The highest BCUT2D eigenvalue weighted by Gasteiger charge is 2.34. The number of esters is 1. The molecule has 0 spiro atoms.